The van der Waals surface area contributed by atoms with E-state index in [4.69, 9.17) is 10.5 Å². The topological polar surface area (TPSA) is 64.3 Å². The molecule has 1 amide bonds. The first-order valence-corrected chi connectivity index (χ1v) is 5.49. The minimum absolute atomic E-state index is 0.0633. The molecule has 90 valence electrons. The van der Waals surface area contributed by atoms with Crippen molar-refractivity contribution in [3.05, 3.63) is 0 Å². The van der Waals surface area contributed by atoms with Gasteiger partial charge in [0.2, 0.25) is 5.91 Å². The number of nitrogens with one attached hydrogen (secondary N) is 1. The quantitative estimate of drug-likeness (QED) is 0.660. The molecule has 0 aromatic rings. The van der Waals surface area contributed by atoms with Gasteiger partial charge in [0.1, 0.15) is 0 Å². The van der Waals surface area contributed by atoms with E-state index < -0.39 is 0 Å². The summed E-state index contributed by atoms with van der Waals surface area (Å²) in [4.78, 5) is 11.5. The van der Waals surface area contributed by atoms with Gasteiger partial charge in [-0.2, -0.15) is 0 Å². The summed E-state index contributed by atoms with van der Waals surface area (Å²) in [6, 6.07) is -0.389. The van der Waals surface area contributed by atoms with Crippen molar-refractivity contribution in [2.24, 2.45) is 17.6 Å². The molecule has 0 saturated carbocycles. The second-order valence-electron chi connectivity index (χ2n) is 4.54. The summed E-state index contributed by atoms with van der Waals surface area (Å²) in [5.41, 5.74) is 5.74. The molecular weight excluding hydrogens is 192 g/mol. The summed E-state index contributed by atoms with van der Waals surface area (Å²) < 4.78 is 4.98. The van der Waals surface area contributed by atoms with E-state index in [1.807, 2.05) is 6.92 Å². The van der Waals surface area contributed by atoms with Crippen LogP contribution < -0.4 is 11.1 Å². The largest absolute Gasteiger partial charge is 0.384 e. The van der Waals surface area contributed by atoms with Crippen LogP contribution in [-0.2, 0) is 9.53 Å². The van der Waals surface area contributed by atoms with Crippen molar-refractivity contribution in [1.29, 1.82) is 0 Å². The van der Waals surface area contributed by atoms with Crippen molar-refractivity contribution >= 4 is 5.91 Å². The number of ether oxygens (including phenoxy) is 1. The predicted octanol–water partition coefficient (Wildman–Crippen LogP) is 0.759. The molecule has 2 unspecified atom stereocenters. The molecule has 4 nitrogen and oxygen atoms in total. The third-order valence-electron chi connectivity index (χ3n) is 2.14. The van der Waals surface area contributed by atoms with Crippen LogP contribution in [0.25, 0.3) is 0 Å². The SMILES string of the molecule is COCC(C)CNC(=O)C(N)CC(C)C. The molecule has 0 aliphatic heterocycles. The fourth-order valence-electron chi connectivity index (χ4n) is 1.36. The van der Waals surface area contributed by atoms with E-state index >= 15 is 0 Å². The van der Waals surface area contributed by atoms with Crippen LogP contribution in [-0.4, -0.2) is 32.2 Å². The fraction of sp³-hybridized carbons (Fsp3) is 0.909. The van der Waals surface area contributed by atoms with Crippen molar-refractivity contribution in [1.82, 2.24) is 5.32 Å². The first kappa shape index (κ1) is 14.4. The van der Waals surface area contributed by atoms with Gasteiger partial charge in [0.05, 0.1) is 12.6 Å². The van der Waals surface area contributed by atoms with E-state index in [0.29, 0.717) is 25.0 Å². The lowest BCUT2D eigenvalue weighted by Crippen LogP contribution is -2.43. The number of hydrogen-bond acceptors (Lipinski definition) is 3. The number of hydrogen-bond donors (Lipinski definition) is 2. The van der Waals surface area contributed by atoms with E-state index in [1.165, 1.54) is 0 Å². The van der Waals surface area contributed by atoms with Crippen LogP contribution in [0.2, 0.25) is 0 Å². The van der Waals surface area contributed by atoms with Crippen LogP contribution >= 0.6 is 0 Å². The molecule has 0 aliphatic carbocycles. The second-order valence-corrected chi connectivity index (χ2v) is 4.54. The molecule has 0 bridgehead atoms. The summed E-state index contributed by atoms with van der Waals surface area (Å²) in [7, 11) is 1.66. The Bertz CT molecular complexity index is 183. The molecule has 0 fully saturated rings. The van der Waals surface area contributed by atoms with E-state index in [0.717, 1.165) is 6.42 Å². The molecule has 0 spiro atoms. The summed E-state index contributed by atoms with van der Waals surface area (Å²) in [5, 5.41) is 2.83. The maximum atomic E-state index is 11.5. The van der Waals surface area contributed by atoms with Crippen LogP contribution in [0, 0.1) is 11.8 Å². The summed E-state index contributed by atoms with van der Waals surface area (Å²) in [6.07, 6.45) is 0.727. The molecule has 0 aliphatic rings. The standard InChI is InChI=1S/C11H24N2O2/c1-8(2)5-10(12)11(14)13-6-9(3)7-15-4/h8-10H,5-7,12H2,1-4H3,(H,13,14). The van der Waals surface area contributed by atoms with E-state index in [9.17, 15) is 4.79 Å². The Morgan fingerprint density at radius 2 is 2.00 bits per heavy atom. The molecular formula is C11H24N2O2. The molecule has 0 radical (unpaired) electrons. The highest BCUT2D eigenvalue weighted by atomic mass is 16.5. The van der Waals surface area contributed by atoms with Gasteiger partial charge in [0.25, 0.3) is 0 Å². The van der Waals surface area contributed by atoms with Crippen LogP contribution in [0.1, 0.15) is 27.2 Å². The molecule has 0 aromatic carbocycles. The first-order valence-electron chi connectivity index (χ1n) is 5.49. The molecule has 0 saturated heterocycles. The lowest BCUT2D eigenvalue weighted by molar-refractivity contribution is -0.122. The summed E-state index contributed by atoms with van der Waals surface area (Å²) >= 11 is 0. The van der Waals surface area contributed by atoms with Crippen molar-refractivity contribution < 1.29 is 9.53 Å². The molecule has 15 heavy (non-hydrogen) atoms. The second kappa shape index (κ2) is 7.65. The van der Waals surface area contributed by atoms with Crippen molar-refractivity contribution in [3.8, 4) is 0 Å². The molecule has 3 N–H and O–H groups in total. The minimum Gasteiger partial charge on any atom is -0.384 e. The van der Waals surface area contributed by atoms with Gasteiger partial charge >= 0.3 is 0 Å². The van der Waals surface area contributed by atoms with Gasteiger partial charge in [0, 0.05) is 13.7 Å². The van der Waals surface area contributed by atoms with Crippen LogP contribution in [0.4, 0.5) is 0 Å². The van der Waals surface area contributed by atoms with Gasteiger partial charge in [0.15, 0.2) is 0 Å². The smallest absolute Gasteiger partial charge is 0.236 e. The van der Waals surface area contributed by atoms with Gasteiger partial charge in [-0.1, -0.05) is 20.8 Å². The first-order chi connectivity index (χ1) is 6.97. The highest BCUT2D eigenvalue weighted by molar-refractivity contribution is 5.81. The summed E-state index contributed by atoms with van der Waals surface area (Å²) in [6.45, 7) is 7.41. The van der Waals surface area contributed by atoms with Gasteiger partial charge in [-0.3, -0.25) is 4.79 Å². The van der Waals surface area contributed by atoms with Crippen molar-refractivity contribution in [2.75, 3.05) is 20.3 Å². The number of amides is 1. The Kier molecular flexibility index (Phi) is 7.34. The highest BCUT2D eigenvalue weighted by Crippen LogP contribution is 2.02. The molecule has 0 aromatic heterocycles. The fourth-order valence-corrected chi connectivity index (χ4v) is 1.36. The number of carbonyl (C=O) groups excluding carboxylic acids is 1. The Morgan fingerprint density at radius 1 is 1.40 bits per heavy atom. The maximum absolute atomic E-state index is 11.5. The number of nitrogens with two attached hydrogens (primary N) is 1. The molecule has 4 heteroatoms. The number of carbonyl (C=O) groups is 1. The van der Waals surface area contributed by atoms with Gasteiger partial charge < -0.3 is 15.8 Å². The maximum Gasteiger partial charge on any atom is 0.236 e. The zero-order chi connectivity index (χ0) is 11.8. The lowest BCUT2D eigenvalue weighted by atomic mass is 10.0. The third kappa shape index (κ3) is 7.33. The van der Waals surface area contributed by atoms with Crippen molar-refractivity contribution in [2.45, 2.75) is 33.2 Å². The Morgan fingerprint density at radius 3 is 2.47 bits per heavy atom. The normalized spacial score (nSPS) is 15.1. The van der Waals surface area contributed by atoms with Gasteiger partial charge in [-0.05, 0) is 18.3 Å². The third-order valence-corrected chi connectivity index (χ3v) is 2.14. The summed E-state index contributed by atoms with van der Waals surface area (Å²) in [5.74, 6) is 0.707. The number of methoxy groups -OCH3 is 1. The van der Waals surface area contributed by atoms with Gasteiger partial charge in [-0.25, -0.2) is 0 Å². The molecule has 0 rings (SSSR count). The monoisotopic (exact) mass is 216 g/mol. The molecule has 2 atom stereocenters. The highest BCUT2D eigenvalue weighted by Gasteiger charge is 2.15. The van der Waals surface area contributed by atoms with E-state index in [-0.39, 0.29) is 11.9 Å². The zero-order valence-corrected chi connectivity index (χ0v) is 10.2. The average molecular weight is 216 g/mol. The van der Waals surface area contributed by atoms with Crippen LogP contribution in [0.3, 0.4) is 0 Å². The Labute approximate surface area is 92.6 Å². The van der Waals surface area contributed by atoms with Crippen molar-refractivity contribution in [3.63, 3.8) is 0 Å². The zero-order valence-electron chi connectivity index (χ0n) is 10.2. The molecule has 0 heterocycles. The van der Waals surface area contributed by atoms with E-state index in [2.05, 4.69) is 19.2 Å². The predicted molar refractivity (Wildman–Crippen MR) is 61.5 cm³/mol. The van der Waals surface area contributed by atoms with Crippen LogP contribution in [0.5, 0.6) is 0 Å². The minimum atomic E-state index is -0.389. The average Bonchev–Trinajstić information content (AvgIpc) is 2.13. The Balaban J connectivity index is 3.72. The lowest BCUT2D eigenvalue weighted by Gasteiger charge is -2.16. The Hall–Kier alpha value is -0.610. The van der Waals surface area contributed by atoms with Gasteiger partial charge in [-0.15, -0.1) is 0 Å². The van der Waals surface area contributed by atoms with Crippen LogP contribution in [0.15, 0.2) is 0 Å². The van der Waals surface area contributed by atoms with E-state index in [1.54, 1.807) is 7.11 Å². The number of rotatable bonds is 7.